The molecule has 44 valence electrons. The molecule has 0 unspecified atom stereocenters. The summed E-state index contributed by atoms with van der Waals surface area (Å²) in [6, 6.07) is 0. The van der Waals surface area contributed by atoms with Crippen LogP contribution in [0.5, 0.6) is 5.06 Å². The Morgan fingerprint density at radius 1 is 1.62 bits per heavy atom. The Morgan fingerprint density at radius 2 is 2.38 bits per heavy atom. The summed E-state index contributed by atoms with van der Waals surface area (Å²) in [4.78, 5) is 0. The average molecular weight is 130 g/mol. The molecule has 1 heterocycles. The van der Waals surface area contributed by atoms with Crippen LogP contribution in [0.15, 0.2) is 0 Å². The van der Waals surface area contributed by atoms with Gasteiger partial charge in [-0.25, -0.2) is 0 Å². The topological polar surface area (TPSA) is 35.0 Å². The van der Waals surface area contributed by atoms with Gasteiger partial charge in [0.1, 0.15) is 5.69 Å². The van der Waals surface area contributed by atoms with Gasteiger partial charge in [0, 0.05) is 11.5 Å². The minimum atomic E-state index is 0.796. The maximum atomic E-state index is 4.88. The lowest BCUT2D eigenvalue weighted by molar-refractivity contribution is 0.423. The smallest absolute Gasteiger partial charge is 0.216 e. The fourth-order valence-electron chi connectivity index (χ4n) is 0.411. The molecule has 0 amide bonds. The Labute approximate surface area is 51.5 Å². The zero-order chi connectivity index (χ0) is 5.98. The van der Waals surface area contributed by atoms with Crippen LogP contribution in [-0.2, 0) is 0 Å². The molecule has 0 radical (unpaired) electrons. The molecular formula is C4H6N2OS. The number of rotatable bonds is 1. The Bertz CT molecular complexity index is 174. The van der Waals surface area contributed by atoms with E-state index in [-0.39, 0.29) is 0 Å². The van der Waals surface area contributed by atoms with Crippen molar-refractivity contribution < 1.29 is 4.74 Å². The van der Waals surface area contributed by atoms with E-state index in [0.717, 1.165) is 10.8 Å². The van der Waals surface area contributed by atoms with E-state index in [2.05, 4.69) is 9.59 Å². The summed E-state index contributed by atoms with van der Waals surface area (Å²) in [5.74, 6) is 0. The number of methoxy groups -OCH3 is 1. The average Bonchev–Trinajstić information content (AvgIpc) is 2.14. The first kappa shape index (κ1) is 5.50. The van der Waals surface area contributed by atoms with E-state index in [1.54, 1.807) is 7.11 Å². The predicted molar refractivity (Wildman–Crippen MR) is 31.2 cm³/mol. The normalized spacial score (nSPS) is 9.25. The van der Waals surface area contributed by atoms with Gasteiger partial charge < -0.3 is 4.74 Å². The molecular weight excluding hydrogens is 124 g/mol. The molecule has 0 atom stereocenters. The summed E-state index contributed by atoms with van der Waals surface area (Å²) in [7, 11) is 1.61. The Hall–Kier alpha value is -0.640. The molecule has 0 saturated carbocycles. The highest BCUT2D eigenvalue weighted by Crippen LogP contribution is 2.17. The van der Waals surface area contributed by atoms with Crippen LogP contribution in [0.2, 0.25) is 0 Å². The lowest BCUT2D eigenvalue weighted by atomic mass is 10.6. The van der Waals surface area contributed by atoms with Crippen molar-refractivity contribution in [2.45, 2.75) is 6.92 Å². The highest BCUT2D eigenvalue weighted by molar-refractivity contribution is 7.07. The van der Waals surface area contributed by atoms with Crippen LogP contribution in [0.25, 0.3) is 0 Å². The molecule has 0 fully saturated rings. The molecule has 0 bridgehead atoms. The van der Waals surface area contributed by atoms with Gasteiger partial charge in [-0.15, -0.1) is 5.10 Å². The zero-order valence-corrected chi connectivity index (χ0v) is 5.53. The predicted octanol–water partition coefficient (Wildman–Crippen LogP) is 0.855. The molecule has 0 aliphatic rings. The number of nitrogens with zero attached hydrogens (tertiary/aromatic N) is 2. The number of aromatic nitrogens is 2. The largest absolute Gasteiger partial charge is 0.485 e. The van der Waals surface area contributed by atoms with Crippen LogP contribution in [-0.4, -0.2) is 16.7 Å². The van der Waals surface area contributed by atoms with Crippen molar-refractivity contribution in [3.05, 3.63) is 5.69 Å². The van der Waals surface area contributed by atoms with Gasteiger partial charge in [-0.3, -0.25) is 0 Å². The molecule has 1 aromatic heterocycles. The Kier molecular flexibility index (Phi) is 1.43. The molecule has 0 aromatic carbocycles. The quantitative estimate of drug-likeness (QED) is 0.565. The third-order valence-corrected chi connectivity index (χ3v) is 1.59. The molecule has 0 aliphatic carbocycles. The molecule has 0 spiro atoms. The van der Waals surface area contributed by atoms with Crippen molar-refractivity contribution >= 4 is 11.5 Å². The summed E-state index contributed by atoms with van der Waals surface area (Å²) in [6.45, 7) is 1.86. The molecule has 1 rings (SSSR count). The van der Waals surface area contributed by atoms with Crippen LogP contribution < -0.4 is 4.74 Å². The standard InChI is InChI=1S/C4H6N2OS/c1-3-4(7-2)8-6-5-3/h1-2H3. The van der Waals surface area contributed by atoms with Gasteiger partial charge in [0.15, 0.2) is 0 Å². The summed E-state index contributed by atoms with van der Waals surface area (Å²) in [5.41, 5.74) is 0.859. The van der Waals surface area contributed by atoms with E-state index in [1.807, 2.05) is 6.92 Å². The maximum absolute atomic E-state index is 4.88. The number of aryl methyl sites for hydroxylation is 1. The maximum Gasteiger partial charge on any atom is 0.216 e. The van der Waals surface area contributed by atoms with Crippen LogP contribution >= 0.6 is 11.5 Å². The van der Waals surface area contributed by atoms with Crippen molar-refractivity contribution in [1.82, 2.24) is 9.59 Å². The highest BCUT2D eigenvalue weighted by Gasteiger charge is 1.98. The summed E-state index contributed by atoms with van der Waals surface area (Å²) in [5, 5.41) is 4.53. The van der Waals surface area contributed by atoms with Gasteiger partial charge in [0.25, 0.3) is 0 Å². The second-order valence-electron chi connectivity index (χ2n) is 1.35. The fourth-order valence-corrected chi connectivity index (χ4v) is 0.896. The third kappa shape index (κ3) is 0.790. The molecule has 1 aromatic rings. The number of hydrogen-bond acceptors (Lipinski definition) is 4. The summed E-state index contributed by atoms with van der Waals surface area (Å²) in [6.07, 6.45) is 0. The molecule has 0 aliphatic heterocycles. The third-order valence-electron chi connectivity index (χ3n) is 0.795. The second kappa shape index (κ2) is 2.09. The van der Waals surface area contributed by atoms with Gasteiger partial charge in [-0.2, -0.15) is 0 Å². The van der Waals surface area contributed by atoms with Gasteiger partial charge in [-0.1, -0.05) is 4.49 Å². The van der Waals surface area contributed by atoms with Crippen molar-refractivity contribution in [3.63, 3.8) is 0 Å². The van der Waals surface area contributed by atoms with Crippen molar-refractivity contribution in [2.75, 3.05) is 7.11 Å². The van der Waals surface area contributed by atoms with E-state index in [1.165, 1.54) is 11.5 Å². The van der Waals surface area contributed by atoms with Gasteiger partial charge in [-0.05, 0) is 6.92 Å². The molecule has 8 heavy (non-hydrogen) atoms. The molecule has 4 heteroatoms. The Balaban J connectivity index is 2.92. The van der Waals surface area contributed by atoms with E-state index < -0.39 is 0 Å². The Morgan fingerprint density at radius 3 is 2.62 bits per heavy atom. The minimum Gasteiger partial charge on any atom is -0.485 e. The lowest BCUT2D eigenvalue weighted by Crippen LogP contribution is -1.80. The molecule has 0 N–H and O–H groups in total. The van der Waals surface area contributed by atoms with Crippen LogP contribution in [0.1, 0.15) is 5.69 Å². The van der Waals surface area contributed by atoms with E-state index in [9.17, 15) is 0 Å². The van der Waals surface area contributed by atoms with E-state index in [0.29, 0.717) is 0 Å². The second-order valence-corrected chi connectivity index (χ2v) is 2.07. The minimum absolute atomic E-state index is 0.796. The summed E-state index contributed by atoms with van der Waals surface area (Å²) < 4.78 is 8.54. The van der Waals surface area contributed by atoms with Crippen molar-refractivity contribution in [1.29, 1.82) is 0 Å². The number of ether oxygens (including phenoxy) is 1. The monoisotopic (exact) mass is 130 g/mol. The van der Waals surface area contributed by atoms with E-state index in [4.69, 9.17) is 4.74 Å². The first-order valence-electron chi connectivity index (χ1n) is 2.17. The van der Waals surface area contributed by atoms with Crippen LogP contribution in [0.4, 0.5) is 0 Å². The van der Waals surface area contributed by atoms with Crippen LogP contribution in [0.3, 0.4) is 0 Å². The molecule has 3 nitrogen and oxygen atoms in total. The molecule has 0 saturated heterocycles. The zero-order valence-electron chi connectivity index (χ0n) is 4.71. The first-order chi connectivity index (χ1) is 3.84. The summed E-state index contributed by atoms with van der Waals surface area (Å²) >= 11 is 1.27. The number of hydrogen-bond donors (Lipinski definition) is 0. The fraction of sp³-hybridized carbons (Fsp3) is 0.500. The highest BCUT2D eigenvalue weighted by atomic mass is 32.1. The lowest BCUT2D eigenvalue weighted by Gasteiger charge is -1.88. The van der Waals surface area contributed by atoms with Crippen LogP contribution in [0, 0.1) is 6.92 Å². The van der Waals surface area contributed by atoms with E-state index >= 15 is 0 Å². The van der Waals surface area contributed by atoms with Crippen molar-refractivity contribution in [2.24, 2.45) is 0 Å². The van der Waals surface area contributed by atoms with Crippen molar-refractivity contribution in [3.8, 4) is 5.06 Å². The van der Waals surface area contributed by atoms with Gasteiger partial charge >= 0.3 is 0 Å². The van der Waals surface area contributed by atoms with Gasteiger partial charge in [0.2, 0.25) is 5.06 Å². The SMILES string of the molecule is COc1snnc1C. The van der Waals surface area contributed by atoms with Gasteiger partial charge in [0.05, 0.1) is 7.11 Å². The first-order valence-corrected chi connectivity index (χ1v) is 2.95.